The van der Waals surface area contributed by atoms with Gasteiger partial charge >= 0.3 is 6.03 Å². The van der Waals surface area contributed by atoms with Crippen molar-refractivity contribution in [2.75, 3.05) is 13.6 Å². The Hall–Kier alpha value is -0.770. The SMILES string of the molecule is CN(C(=O)NC1CCCCC1)C1CCCC1CN. The molecule has 2 aliphatic carbocycles. The lowest BCUT2D eigenvalue weighted by atomic mass is 9.95. The van der Waals surface area contributed by atoms with Crippen molar-refractivity contribution in [1.82, 2.24) is 10.2 Å². The lowest BCUT2D eigenvalue weighted by molar-refractivity contribution is 0.170. The molecule has 104 valence electrons. The summed E-state index contributed by atoms with van der Waals surface area (Å²) in [5.74, 6) is 0.493. The van der Waals surface area contributed by atoms with E-state index in [-0.39, 0.29) is 6.03 Å². The lowest BCUT2D eigenvalue weighted by Crippen LogP contribution is -2.49. The molecule has 0 spiro atoms. The summed E-state index contributed by atoms with van der Waals surface area (Å²) in [6, 6.07) is 0.845. The molecule has 0 radical (unpaired) electrons. The number of nitrogens with two attached hydrogens (primary N) is 1. The number of rotatable bonds is 3. The summed E-state index contributed by atoms with van der Waals surface area (Å²) >= 11 is 0. The zero-order valence-corrected chi connectivity index (χ0v) is 11.5. The number of urea groups is 1. The van der Waals surface area contributed by atoms with E-state index in [2.05, 4.69) is 5.32 Å². The number of amides is 2. The third-order valence-electron chi connectivity index (χ3n) is 4.67. The molecule has 2 atom stereocenters. The van der Waals surface area contributed by atoms with Crippen LogP contribution in [-0.2, 0) is 0 Å². The van der Waals surface area contributed by atoms with Crippen molar-refractivity contribution in [3.8, 4) is 0 Å². The Balaban J connectivity index is 1.83. The van der Waals surface area contributed by atoms with Crippen LogP contribution >= 0.6 is 0 Å². The molecular weight excluding hydrogens is 226 g/mol. The third kappa shape index (κ3) is 3.16. The Bertz CT molecular complexity index is 276. The summed E-state index contributed by atoms with van der Waals surface area (Å²) in [6.45, 7) is 0.700. The number of hydrogen-bond acceptors (Lipinski definition) is 2. The molecule has 0 aromatic carbocycles. The van der Waals surface area contributed by atoms with Crippen molar-refractivity contribution < 1.29 is 4.79 Å². The first-order chi connectivity index (χ1) is 8.72. The standard InChI is InChI=1S/C14H27N3O/c1-17(13-9-5-6-11(13)10-15)14(18)16-12-7-3-2-4-8-12/h11-13H,2-10,15H2,1H3,(H,16,18). The molecule has 0 heterocycles. The maximum Gasteiger partial charge on any atom is 0.317 e. The fourth-order valence-electron chi connectivity index (χ4n) is 3.48. The van der Waals surface area contributed by atoms with Crippen molar-refractivity contribution in [2.24, 2.45) is 11.7 Å². The summed E-state index contributed by atoms with van der Waals surface area (Å²) in [6.07, 6.45) is 9.59. The van der Waals surface area contributed by atoms with Crippen LogP contribution in [0.2, 0.25) is 0 Å². The topological polar surface area (TPSA) is 58.4 Å². The molecule has 2 unspecified atom stereocenters. The molecule has 2 saturated carbocycles. The minimum atomic E-state index is 0.104. The molecule has 4 heteroatoms. The first kappa shape index (κ1) is 13.7. The van der Waals surface area contributed by atoms with Crippen molar-refractivity contribution >= 4 is 6.03 Å². The Morgan fingerprint density at radius 2 is 1.89 bits per heavy atom. The highest BCUT2D eigenvalue weighted by molar-refractivity contribution is 5.74. The van der Waals surface area contributed by atoms with Gasteiger partial charge in [0.05, 0.1) is 0 Å². The Morgan fingerprint density at radius 3 is 2.56 bits per heavy atom. The van der Waals surface area contributed by atoms with E-state index in [9.17, 15) is 4.79 Å². The summed E-state index contributed by atoms with van der Waals surface area (Å²) in [4.78, 5) is 14.1. The maximum absolute atomic E-state index is 12.2. The van der Waals surface area contributed by atoms with Crippen LogP contribution in [0.5, 0.6) is 0 Å². The third-order valence-corrected chi connectivity index (χ3v) is 4.67. The molecule has 18 heavy (non-hydrogen) atoms. The van der Waals surface area contributed by atoms with E-state index < -0.39 is 0 Å². The van der Waals surface area contributed by atoms with Gasteiger partial charge in [-0.05, 0) is 38.1 Å². The van der Waals surface area contributed by atoms with Crippen molar-refractivity contribution in [1.29, 1.82) is 0 Å². The molecule has 2 aliphatic rings. The highest BCUT2D eigenvalue weighted by Gasteiger charge is 2.32. The van der Waals surface area contributed by atoms with Gasteiger partial charge in [-0.25, -0.2) is 4.79 Å². The monoisotopic (exact) mass is 253 g/mol. The quantitative estimate of drug-likeness (QED) is 0.809. The van der Waals surface area contributed by atoms with Crippen LogP contribution in [0, 0.1) is 5.92 Å². The molecule has 0 bridgehead atoms. The Morgan fingerprint density at radius 1 is 1.17 bits per heavy atom. The number of nitrogens with zero attached hydrogens (tertiary/aromatic N) is 1. The molecule has 3 N–H and O–H groups in total. The number of nitrogens with one attached hydrogen (secondary N) is 1. The molecule has 2 fully saturated rings. The first-order valence-electron chi connectivity index (χ1n) is 7.45. The predicted octanol–water partition coefficient (Wildman–Crippen LogP) is 2.09. The van der Waals surface area contributed by atoms with Crippen molar-refractivity contribution in [2.45, 2.75) is 63.5 Å². The maximum atomic E-state index is 12.2. The van der Waals surface area contributed by atoms with Crippen LogP contribution in [0.1, 0.15) is 51.4 Å². The zero-order chi connectivity index (χ0) is 13.0. The van der Waals surface area contributed by atoms with Gasteiger partial charge in [-0.15, -0.1) is 0 Å². The molecule has 0 aromatic heterocycles. The minimum Gasteiger partial charge on any atom is -0.335 e. The smallest absolute Gasteiger partial charge is 0.317 e. The van der Waals surface area contributed by atoms with E-state index in [1.165, 1.54) is 32.1 Å². The second-order valence-electron chi connectivity index (χ2n) is 5.89. The molecule has 2 rings (SSSR count). The number of carbonyl (C=O) groups excluding carboxylic acids is 1. The highest BCUT2D eigenvalue weighted by atomic mass is 16.2. The van der Waals surface area contributed by atoms with E-state index in [1.54, 1.807) is 0 Å². The van der Waals surface area contributed by atoms with Gasteiger partial charge in [0.25, 0.3) is 0 Å². The van der Waals surface area contributed by atoms with Gasteiger partial charge in [0.1, 0.15) is 0 Å². The van der Waals surface area contributed by atoms with E-state index in [4.69, 9.17) is 5.73 Å². The number of carbonyl (C=O) groups is 1. The molecular formula is C14H27N3O. The molecule has 0 aromatic rings. The first-order valence-corrected chi connectivity index (χ1v) is 7.45. The van der Waals surface area contributed by atoms with E-state index in [1.807, 2.05) is 11.9 Å². The average Bonchev–Trinajstić information content (AvgIpc) is 2.87. The van der Waals surface area contributed by atoms with Crippen LogP contribution in [0.15, 0.2) is 0 Å². The molecule has 0 aliphatic heterocycles. The summed E-state index contributed by atoms with van der Waals surface area (Å²) in [7, 11) is 1.93. The van der Waals surface area contributed by atoms with Gasteiger partial charge in [-0.2, -0.15) is 0 Å². The van der Waals surface area contributed by atoms with Crippen molar-refractivity contribution in [3.05, 3.63) is 0 Å². The largest absolute Gasteiger partial charge is 0.335 e. The van der Waals surface area contributed by atoms with Gasteiger partial charge in [-0.3, -0.25) is 0 Å². The number of hydrogen-bond donors (Lipinski definition) is 2. The van der Waals surface area contributed by atoms with Crippen LogP contribution in [0.3, 0.4) is 0 Å². The van der Waals surface area contributed by atoms with E-state index in [0.29, 0.717) is 24.5 Å². The van der Waals surface area contributed by atoms with E-state index >= 15 is 0 Å². The van der Waals surface area contributed by atoms with Crippen LogP contribution in [0.25, 0.3) is 0 Å². The molecule has 0 saturated heterocycles. The van der Waals surface area contributed by atoms with E-state index in [0.717, 1.165) is 19.3 Å². The Kier molecular flexibility index (Phi) is 4.87. The van der Waals surface area contributed by atoms with Crippen LogP contribution in [-0.4, -0.2) is 36.6 Å². The summed E-state index contributed by atoms with van der Waals surface area (Å²) in [5, 5.41) is 3.19. The minimum absolute atomic E-state index is 0.104. The fourth-order valence-corrected chi connectivity index (χ4v) is 3.48. The highest BCUT2D eigenvalue weighted by Crippen LogP contribution is 2.28. The molecule has 4 nitrogen and oxygen atoms in total. The summed E-state index contributed by atoms with van der Waals surface area (Å²) < 4.78 is 0. The Labute approximate surface area is 110 Å². The summed E-state index contributed by atoms with van der Waals surface area (Å²) in [5.41, 5.74) is 5.79. The fraction of sp³-hybridized carbons (Fsp3) is 0.929. The zero-order valence-electron chi connectivity index (χ0n) is 11.5. The van der Waals surface area contributed by atoms with Gasteiger partial charge in [0.2, 0.25) is 0 Å². The van der Waals surface area contributed by atoms with Gasteiger partial charge < -0.3 is 16.0 Å². The second kappa shape index (κ2) is 6.41. The predicted molar refractivity (Wildman–Crippen MR) is 73.4 cm³/mol. The van der Waals surface area contributed by atoms with Gasteiger partial charge in [0.15, 0.2) is 0 Å². The molecule has 2 amide bonds. The lowest BCUT2D eigenvalue weighted by Gasteiger charge is -2.32. The van der Waals surface area contributed by atoms with Crippen molar-refractivity contribution in [3.63, 3.8) is 0 Å². The van der Waals surface area contributed by atoms with Crippen LogP contribution in [0.4, 0.5) is 4.79 Å². The second-order valence-corrected chi connectivity index (χ2v) is 5.89. The normalized spacial score (nSPS) is 29.2. The average molecular weight is 253 g/mol. The van der Waals surface area contributed by atoms with Gasteiger partial charge in [0, 0.05) is 19.1 Å². The van der Waals surface area contributed by atoms with Crippen LogP contribution < -0.4 is 11.1 Å². The van der Waals surface area contributed by atoms with Gasteiger partial charge in [-0.1, -0.05) is 25.7 Å².